The normalized spacial score (nSPS) is 18.7. The Hall–Kier alpha value is -0.720. The second-order valence-electron chi connectivity index (χ2n) is 5.31. The molecule has 0 bridgehead atoms. The molecule has 1 aliphatic heterocycles. The number of benzene rings is 1. The van der Waals surface area contributed by atoms with Crippen molar-refractivity contribution in [3.05, 3.63) is 24.3 Å². The largest absolute Gasteiger partial charge is 0.493 e. The van der Waals surface area contributed by atoms with E-state index in [4.69, 9.17) is 9.47 Å². The van der Waals surface area contributed by atoms with Gasteiger partial charge in [0.25, 0.3) is 0 Å². The van der Waals surface area contributed by atoms with E-state index in [9.17, 15) is 8.42 Å². The molecule has 0 saturated carbocycles. The van der Waals surface area contributed by atoms with E-state index in [0.717, 1.165) is 31.8 Å². The number of thiol groups is 1. The van der Waals surface area contributed by atoms with E-state index < -0.39 is 9.84 Å². The van der Waals surface area contributed by atoms with Crippen LogP contribution in [0.15, 0.2) is 29.2 Å². The zero-order valence-corrected chi connectivity index (χ0v) is 13.3. The fraction of sp³-hybridized carbons (Fsp3) is 0.571. The Balaban J connectivity index is 2.07. The van der Waals surface area contributed by atoms with Gasteiger partial charge in [0.05, 0.1) is 11.5 Å². The van der Waals surface area contributed by atoms with Gasteiger partial charge >= 0.3 is 0 Å². The molecule has 2 rings (SSSR count). The van der Waals surface area contributed by atoms with E-state index in [0.29, 0.717) is 12.4 Å². The van der Waals surface area contributed by atoms with Crippen LogP contribution < -0.4 is 4.74 Å². The molecule has 0 radical (unpaired) electrons. The average Bonchev–Trinajstić information content (AvgIpc) is 2.46. The first-order valence-electron chi connectivity index (χ1n) is 6.57. The van der Waals surface area contributed by atoms with Crippen molar-refractivity contribution in [2.24, 2.45) is 5.41 Å². The molecular weight excluding hydrogens is 296 g/mol. The van der Waals surface area contributed by atoms with Gasteiger partial charge in [-0.1, -0.05) is 6.07 Å². The molecule has 0 aliphatic carbocycles. The zero-order valence-electron chi connectivity index (χ0n) is 11.5. The molecule has 0 spiro atoms. The number of rotatable bonds is 5. The molecule has 0 N–H and O–H groups in total. The van der Waals surface area contributed by atoms with Crippen molar-refractivity contribution in [3.63, 3.8) is 0 Å². The van der Waals surface area contributed by atoms with Crippen LogP contribution in [-0.4, -0.2) is 40.2 Å². The second-order valence-corrected chi connectivity index (χ2v) is 7.64. The topological polar surface area (TPSA) is 52.6 Å². The molecule has 6 heteroatoms. The summed E-state index contributed by atoms with van der Waals surface area (Å²) in [7, 11) is -3.20. The number of sulfone groups is 1. The molecule has 1 heterocycles. The molecule has 1 aromatic rings. The quantitative estimate of drug-likeness (QED) is 0.846. The molecule has 1 saturated heterocycles. The van der Waals surface area contributed by atoms with Crippen molar-refractivity contribution in [1.29, 1.82) is 0 Å². The van der Waals surface area contributed by atoms with Crippen molar-refractivity contribution in [2.45, 2.75) is 17.7 Å². The third-order valence-corrected chi connectivity index (χ3v) is 5.45. The lowest BCUT2D eigenvalue weighted by Gasteiger charge is -2.35. The van der Waals surface area contributed by atoms with E-state index in [1.54, 1.807) is 24.3 Å². The molecule has 112 valence electrons. The van der Waals surface area contributed by atoms with Crippen LogP contribution in [0, 0.1) is 5.41 Å². The minimum atomic E-state index is -3.20. The number of hydrogen-bond acceptors (Lipinski definition) is 5. The summed E-state index contributed by atoms with van der Waals surface area (Å²) in [6.07, 6.45) is 3.03. The maximum absolute atomic E-state index is 11.5. The van der Waals surface area contributed by atoms with Crippen LogP contribution in [0.25, 0.3) is 0 Å². The second kappa shape index (κ2) is 6.37. The fourth-order valence-electron chi connectivity index (χ4n) is 2.18. The van der Waals surface area contributed by atoms with E-state index in [1.165, 1.54) is 6.26 Å². The van der Waals surface area contributed by atoms with E-state index in [-0.39, 0.29) is 10.3 Å². The Morgan fingerprint density at radius 1 is 1.35 bits per heavy atom. The monoisotopic (exact) mass is 316 g/mol. The molecule has 1 aliphatic rings. The summed E-state index contributed by atoms with van der Waals surface area (Å²) in [6, 6.07) is 6.62. The standard InChI is InChI=1S/C14H20O4S2/c1-20(15,16)13-4-2-3-12(9-13)18-10-14(11-19)5-7-17-8-6-14/h2-4,9,19H,5-8,10-11H2,1H3. The minimum Gasteiger partial charge on any atom is -0.493 e. The Labute approximate surface area is 125 Å². The third kappa shape index (κ3) is 3.90. The molecule has 20 heavy (non-hydrogen) atoms. The highest BCUT2D eigenvalue weighted by molar-refractivity contribution is 7.90. The van der Waals surface area contributed by atoms with E-state index in [2.05, 4.69) is 12.6 Å². The van der Waals surface area contributed by atoms with Gasteiger partial charge in [-0.3, -0.25) is 0 Å². The Kier molecular flexibility index (Phi) is 4.99. The Bertz CT molecular complexity index is 548. The highest BCUT2D eigenvalue weighted by Gasteiger charge is 2.32. The lowest BCUT2D eigenvalue weighted by atomic mass is 9.83. The van der Waals surface area contributed by atoms with Gasteiger partial charge in [-0.2, -0.15) is 12.6 Å². The first-order chi connectivity index (χ1) is 9.45. The van der Waals surface area contributed by atoms with Gasteiger partial charge in [-0.25, -0.2) is 8.42 Å². The number of hydrogen-bond donors (Lipinski definition) is 1. The van der Waals surface area contributed by atoms with E-state index in [1.807, 2.05) is 0 Å². The summed E-state index contributed by atoms with van der Waals surface area (Å²) in [5, 5.41) is 0. The van der Waals surface area contributed by atoms with Crippen LogP contribution >= 0.6 is 12.6 Å². The van der Waals surface area contributed by atoms with Gasteiger partial charge in [-0.15, -0.1) is 0 Å². The lowest BCUT2D eigenvalue weighted by Crippen LogP contribution is -2.36. The van der Waals surface area contributed by atoms with Crippen LogP contribution in [0.3, 0.4) is 0 Å². The maximum atomic E-state index is 11.5. The average molecular weight is 316 g/mol. The maximum Gasteiger partial charge on any atom is 0.175 e. The van der Waals surface area contributed by atoms with Gasteiger partial charge in [0, 0.05) is 24.9 Å². The molecule has 1 fully saturated rings. The summed E-state index contributed by atoms with van der Waals surface area (Å²) in [5.74, 6) is 1.32. The van der Waals surface area contributed by atoms with Crippen LogP contribution in [0.4, 0.5) is 0 Å². The van der Waals surface area contributed by atoms with Gasteiger partial charge < -0.3 is 9.47 Å². The van der Waals surface area contributed by atoms with Gasteiger partial charge in [0.15, 0.2) is 9.84 Å². The number of ether oxygens (including phenoxy) is 2. The smallest absolute Gasteiger partial charge is 0.175 e. The molecule has 0 aromatic heterocycles. The van der Waals surface area contributed by atoms with Crippen molar-refractivity contribution >= 4 is 22.5 Å². The lowest BCUT2D eigenvalue weighted by molar-refractivity contribution is 0.00307. The molecular formula is C14H20O4S2. The predicted molar refractivity (Wildman–Crippen MR) is 81.4 cm³/mol. The van der Waals surface area contributed by atoms with Crippen molar-refractivity contribution in [2.75, 3.05) is 31.8 Å². The first-order valence-corrected chi connectivity index (χ1v) is 9.09. The summed E-state index contributed by atoms with van der Waals surface area (Å²) in [6.45, 7) is 1.99. The molecule has 0 unspecified atom stereocenters. The summed E-state index contributed by atoms with van der Waals surface area (Å²) < 4.78 is 34.2. The van der Waals surface area contributed by atoms with E-state index >= 15 is 0 Å². The van der Waals surface area contributed by atoms with Gasteiger partial charge in [0.2, 0.25) is 0 Å². The molecule has 1 aromatic carbocycles. The summed E-state index contributed by atoms with van der Waals surface area (Å²) >= 11 is 4.43. The zero-order chi connectivity index (χ0) is 14.6. The highest BCUT2D eigenvalue weighted by Crippen LogP contribution is 2.32. The van der Waals surface area contributed by atoms with Crippen LogP contribution in [0.1, 0.15) is 12.8 Å². The minimum absolute atomic E-state index is 0.0163. The van der Waals surface area contributed by atoms with Crippen LogP contribution in [-0.2, 0) is 14.6 Å². The van der Waals surface area contributed by atoms with Crippen molar-refractivity contribution in [1.82, 2.24) is 0 Å². The van der Waals surface area contributed by atoms with Crippen molar-refractivity contribution in [3.8, 4) is 5.75 Å². The van der Waals surface area contributed by atoms with Crippen LogP contribution in [0.5, 0.6) is 5.75 Å². The summed E-state index contributed by atoms with van der Waals surface area (Å²) in [5.41, 5.74) is 0.0163. The molecule has 4 nitrogen and oxygen atoms in total. The SMILES string of the molecule is CS(=O)(=O)c1cccc(OCC2(CS)CCOCC2)c1. The highest BCUT2D eigenvalue weighted by atomic mass is 32.2. The summed E-state index contributed by atoms with van der Waals surface area (Å²) in [4.78, 5) is 0.280. The van der Waals surface area contributed by atoms with Crippen LogP contribution in [0.2, 0.25) is 0 Å². The Morgan fingerprint density at radius 3 is 2.65 bits per heavy atom. The Morgan fingerprint density at radius 2 is 2.05 bits per heavy atom. The van der Waals surface area contributed by atoms with Gasteiger partial charge in [-0.05, 0) is 36.8 Å². The van der Waals surface area contributed by atoms with Crippen molar-refractivity contribution < 1.29 is 17.9 Å². The first kappa shape index (κ1) is 15.7. The van der Waals surface area contributed by atoms with Gasteiger partial charge in [0.1, 0.15) is 5.75 Å². The predicted octanol–water partition coefficient (Wildman–Crippen LogP) is 2.20. The molecule has 0 amide bonds. The molecule has 0 atom stereocenters. The third-order valence-electron chi connectivity index (χ3n) is 3.67. The fourth-order valence-corrected chi connectivity index (χ4v) is 3.25.